The lowest BCUT2D eigenvalue weighted by atomic mass is 9.74. The molecule has 2 aliphatic rings. The van der Waals surface area contributed by atoms with Crippen molar-refractivity contribution in [1.82, 2.24) is 10.2 Å². The highest BCUT2D eigenvalue weighted by molar-refractivity contribution is 7.10. The Bertz CT molecular complexity index is 1250. The van der Waals surface area contributed by atoms with Gasteiger partial charge in [0.1, 0.15) is 5.82 Å². The van der Waals surface area contributed by atoms with Gasteiger partial charge in [-0.15, -0.1) is 11.3 Å². The van der Waals surface area contributed by atoms with Crippen molar-refractivity contribution in [2.45, 2.75) is 24.7 Å². The number of anilines is 1. The number of carbonyl (C=O) groups is 1. The zero-order valence-electron chi connectivity index (χ0n) is 17.9. The van der Waals surface area contributed by atoms with E-state index in [0.29, 0.717) is 47.0 Å². The van der Waals surface area contributed by atoms with Crippen LogP contribution in [-0.4, -0.2) is 37.3 Å². The topological polar surface area (TPSA) is 105 Å². The normalized spacial score (nSPS) is 19.8. The summed E-state index contributed by atoms with van der Waals surface area (Å²) >= 11 is 1.55. The lowest BCUT2D eigenvalue weighted by Gasteiger charge is -2.34. The smallest absolute Gasteiger partial charge is 0.270 e. The molecule has 0 saturated heterocycles. The summed E-state index contributed by atoms with van der Waals surface area (Å²) in [6, 6.07) is 7.71. The van der Waals surface area contributed by atoms with Gasteiger partial charge < -0.3 is 19.5 Å². The highest BCUT2D eigenvalue weighted by atomic mass is 32.1. The molecule has 0 fully saturated rings. The molecule has 1 aromatic carbocycles. The third-order valence-corrected chi connectivity index (χ3v) is 7.10. The molecule has 0 amide bonds. The van der Waals surface area contributed by atoms with Crippen molar-refractivity contribution in [3.8, 4) is 17.2 Å². The number of aromatic amines is 2. The van der Waals surface area contributed by atoms with Crippen LogP contribution in [0.2, 0.25) is 0 Å². The zero-order valence-corrected chi connectivity index (χ0v) is 18.7. The van der Waals surface area contributed by atoms with E-state index in [1.165, 1.54) is 0 Å². The Labute approximate surface area is 188 Å². The molecule has 2 atom stereocenters. The van der Waals surface area contributed by atoms with Crippen LogP contribution in [0.1, 0.15) is 40.7 Å². The molecule has 0 bridgehead atoms. The van der Waals surface area contributed by atoms with Crippen molar-refractivity contribution in [1.29, 1.82) is 0 Å². The van der Waals surface area contributed by atoms with Crippen molar-refractivity contribution in [3.05, 3.63) is 67.3 Å². The number of methoxy groups -OCH3 is 3. The van der Waals surface area contributed by atoms with Crippen LogP contribution < -0.4 is 25.1 Å². The second kappa shape index (κ2) is 7.90. The monoisotopic (exact) mass is 453 g/mol. The molecular formula is C23H23N3O5S. The summed E-state index contributed by atoms with van der Waals surface area (Å²) < 4.78 is 16.4. The Morgan fingerprint density at radius 2 is 1.75 bits per heavy atom. The van der Waals surface area contributed by atoms with Crippen LogP contribution in [0.4, 0.5) is 5.82 Å². The molecule has 3 N–H and O–H groups in total. The second-order valence-corrected chi connectivity index (χ2v) is 8.80. The summed E-state index contributed by atoms with van der Waals surface area (Å²) in [6.07, 6.45) is 0.951. The van der Waals surface area contributed by atoms with Crippen molar-refractivity contribution < 1.29 is 19.0 Å². The molecule has 0 radical (unpaired) electrons. The molecule has 1 aliphatic heterocycles. The van der Waals surface area contributed by atoms with E-state index in [0.717, 1.165) is 16.1 Å². The predicted molar refractivity (Wildman–Crippen MR) is 121 cm³/mol. The van der Waals surface area contributed by atoms with Crippen LogP contribution in [0.5, 0.6) is 17.2 Å². The van der Waals surface area contributed by atoms with Crippen molar-refractivity contribution in [3.63, 3.8) is 0 Å². The number of hydrogen-bond acceptors (Lipinski definition) is 7. The zero-order chi connectivity index (χ0) is 22.4. The lowest BCUT2D eigenvalue weighted by Crippen LogP contribution is -2.31. The number of H-pyrrole nitrogens is 2. The number of ether oxygens (including phenoxy) is 3. The van der Waals surface area contributed by atoms with E-state index < -0.39 is 0 Å². The Morgan fingerprint density at radius 3 is 2.38 bits per heavy atom. The molecule has 0 spiro atoms. The van der Waals surface area contributed by atoms with Gasteiger partial charge >= 0.3 is 0 Å². The highest BCUT2D eigenvalue weighted by Gasteiger charge is 2.41. The summed E-state index contributed by atoms with van der Waals surface area (Å²) in [5, 5.41) is 10.9. The minimum absolute atomic E-state index is 0.0298. The van der Waals surface area contributed by atoms with E-state index in [2.05, 4.69) is 15.5 Å². The minimum atomic E-state index is -0.371. The van der Waals surface area contributed by atoms with Gasteiger partial charge in [-0.3, -0.25) is 19.8 Å². The number of thiophene rings is 1. The molecule has 1 aliphatic carbocycles. The highest BCUT2D eigenvalue weighted by Crippen LogP contribution is 2.49. The lowest BCUT2D eigenvalue weighted by molar-refractivity contribution is -0.116. The van der Waals surface area contributed by atoms with E-state index >= 15 is 0 Å². The first-order chi connectivity index (χ1) is 15.5. The van der Waals surface area contributed by atoms with Gasteiger partial charge in [0, 0.05) is 22.6 Å². The number of ketones is 1. The average Bonchev–Trinajstić information content (AvgIpc) is 3.47. The third-order valence-electron chi connectivity index (χ3n) is 6.16. The first-order valence-electron chi connectivity index (χ1n) is 10.2. The maximum atomic E-state index is 13.5. The Balaban J connectivity index is 1.59. The number of rotatable bonds is 5. The summed E-state index contributed by atoms with van der Waals surface area (Å²) in [4.78, 5) is 27.0. The minimum Gasteiger partial charge on any atom is -0.493 e. The number of fused-ring (bicyclic) bond motifs is 1. The molecule has 5 rings (SSSR count). The maximum Gasteiger partial charge on any atom is 0.270 e. The fraction of sp³-hybridized carbons (Fsp3) is 0.304. The van der Waals surface area contributed by atoms with Crippen LogP contribution >= 0.6 is 11.3 Å². The second-order valence-electron chi connectivity index (χ2n) is 7.82. The van der Waals surface area contributed by atoms with E-state index in [1.807, 2.05) is 29.6 Å². The summed E-state index contributed by atoms with van der Waals surface area (Å²) in [6.45, 7) is 0. The summed E-state index contributed by atoms with van der Waals surface area (Å²) in [7, 11) is 4.71. The molecule has 0 saturated carbocycles. The van der Waals surface area contributed by atoms with Crippen LogP contribution in [0.15, 0.2) is 45.7 Å². The standard InChI is InChI=1S/C23H23N3O5S/c1-29-15-9-12(10-16(30-2)21(15)31-3)11-7-13-18(14(27)8-11)19(17-5-4-6-32-17)20-22(24-13)25-26-23(20)28/h4-6,9-11,19H,7-8H2,1-3H3,(H3,24,25,26,28). The van der Waals surface area contributed by atoms with Gasteiger partial charge in [-0.1, -0.05) is 6.07 Å². The van der Waals surface area contributed by atoms with Crippen molar-refractivity contribution in [2.75, 3.05) is 26.6 Å². The number of nitrogens with one attached hydrogen (secondary N) is 3. The number of aromatic nitrogens is 2. The van der Waals surface area contributed by atoms with Gasteiger partial charge in [0.2, 0.25) is 5.75 Å². The van der Waals surface area contributed by atoms with Gasteiger partial charge in [0.05, 0.1) is 32.8 Å². The van der Waals surface area contributed by atoms with Crippen molar-refractivity contribution in [2.24, 2.45) is 0 Å². The van der Waals surface area contributed by atoms with Crippen molar-refractivity contribution >= 4 is 22.9 Å². The van der Waals surface area contributed by atoms with Gasteiger partial charge in [0.25, 0.3) is 5.56 Å². The molecule has 2 aromatic heterocycles. The molecule has 3 heterocycles. The van der Waals surface area contributed by atoms with E-state index in [9.17, 15) is 9.59 Å². The van der Waals surface area contributed by atoms with Crippen LogP contribution in [0.3, 0.4) is 0 Å². The van der Waals surface area contributed by atoms with Crippen LogP contribution in [-0.2, 0) is 4.79 Å². The van der Waals surface area contributed by atoms with Gasteiger partial charge in [0.15, 0.2) is 17.3 Å². The number of hydrogen-bond donors (Lipinski definition) is 3. The largest absolute Gasteiger partial charge is 0.493 e. The van der Waals surface area contributed by atoms with Crippen LogP contribution in [0, 0.1) is 0 Å². The summed E-state index contributed by atoms with van der Waals surface area (Å²) in [5.41, 5.74) is 2.79. The fourth-order valence-electron chi connectivity index (χ4n) is 4.73. The molecule has 3 aromatic rings. The van der Waals surface area contributed by atoms with Crippen LogP contribution in [0.25, 0.3) is 0 Å². The molecular weight excluding hydrogens is 430 g/mol. The third kappa shape index (κ3) is 3.12. The average molecular weight is 454 g/mol. The predicted octanol–water partition coefficient (Wildman–Crippen LogP) is 3.75. The maximum absolute atomic E-state index is 13.5. The Kier molecular flexibility index (Phi) is 5.05. The van der Waals surface area contributed by atoms with Gasteiger partial charge in [-0.05, 0) is 41.5 Å². The Hall–Kier alpha value is -3.46. The fourth-order valence-corrected chi connectivity index (χ4v) is 5.58. The molecule has 8 nitrogen and oxygen atoms in total. The number of Topliss-reactive ketones (excluding diaryl/α,β-unsaturated/α-hetero) is 1. The SMILES string of the molecule is COc1cc(C2CC(=O)C3=C(C2)Nc2[nH][nH]c(=O)c2C3c2cccs2)cc(OC)c1OC. The quantitative estimate of drug-likeness (QED) is 0.543. The number of benzene rings is 1. The number of allylic oxidation sites excluding steroid dienone is 2. The first kappa shape index (κ1) is 20.4. The molecule has 2 unspecified atom stereocenters. The van der Waals surface area contributed by atoms with E-state index in [1.54, 1.807) is 32.7 Å². The molecule has 166 valence electrons. The molecule has 32 heavy (non-hydrogen) atoms. The first-order valence-corrected chi connectivity index (χ1v) is 11.1. The summed E-state index contributed by atoms with van der Waals surface area (Å²) in [5.74, 6) is 1.83. The van der Waals surface area contributed by atoms with E-state index in [-0.39, 0.29) is 23.2 Å². The van der Waals surface area contributed by atoms with Gasteiger partial charge in [-0.25, -0.2) is 0 Å². The Morgan fingerprint density at radius 1 is 1.00 bits per heavy atom. The number of carbonyl (C=O) groups excluding carboxylic acids is 1. The van der Waals surface area contributed by atoms with Gasteiger partial charge in [-0.2, -0.15) is 0 Å². The molecule has 9 heteroatoms. The van der Waals surface area contributed by atoms with E-state index in [4.69, 9.17) is 14.2 Å².